The molecule has 4 heteroatoms. The van der Waals surface area contributed by atoms with Gasteiger partial charge < -0.3 is 9.67 Å². The molecular formula is C13H15NO3. The first-order valence-corrected chi connectivity index (χ1v) is 5.80. The minimum Gasteiger partial charge on any atom is -0.478 e. The second-order valence-electron chi connectivity index (χ2n) is 4.29. The number of carboxylic acids is 1. The number of aliphatic carboxylic acids is 1. The molecular weight excluding hydrogens is 218 g/mol. The van der Waals surface area contributed by atoms with E-state index >= 15 is 0 Å². The molecule has 0 saturated heterocycles. The first-order valence-electron chi connectivity index (χ1n) is 5.80. The smallest absolute Gasteiger partial charge is 0.328 e. The molecule has 0 spiro atoms. The largest absolute Gasteiger partial charge is 0.478 e. The Morgan fingerprint density at radius 1 is 1.41 bits per heavy atom. The number of pyridine rings is 1. The highest BCUT2D eigenvalue weighted by atomic mass is 16.4. The average molecular weight is 233 g/mol. The van der Waals surface area contributed by atoms with Crippen molar-refractivity contribution < 1.29 is 9.90 Å². The van der Waals surface area contributed by atoms with Crippen LogP contribution in [-0.2, 0) is 4.79 Å². The number of carboxylic acid groups (broad SMARTS) is 1. The molecule has 1 aromatic rings. The zero-order valence-electron chi connectivity index (χ0n) is 9.50. The van der Waals surface area contributed by atoms with Crippen LogP contribution < -0.4 is 5.56 Å². The highest BCUT2D eigenvalue weighted by Crippen LogP contribution is 2.27. The minimum atomic E-state index is -1.04. The van der Waals surface area contributed by atoms with Crippen molar-refractivity contribution in [3.05, 3.63) is 40.3 Å². The molecule has 0 aromatic carbocycles. The SMILES string of the molecule is O=C(O)/C=C/c1cccn(C2CCCC2)c1=O. The third kappa shape index (κ3) is 2.64. The topological polar surface area (TPSA) is 59.3 Å². The van der Waals surface area contributed by atoms with Gasteiger partial charge in [0.05, 0.1) is 0 Å². The third-order valence-corrected chi connectivity index (χ3v) is 3.13. The molecule has 1 aromatic heterocycles. The summed E-state index contributed by atoms with van der Waals surface area (Å²) in [7, 11) is 0. The molecule has 4 nitrogen and oxygen atoms in total. The number of hydrogen-bond acceptors (Lipinski definition) is 2. The molecule has 0 amide bonds. The maximum absolute atomic E-state index is 12.1. The predicted octanol–water partition coefficient (Wildman–Crippen LogP) is 2.06. The van der Waals surface area contributed by atoms with Crippen molar-refractivity contribution >= 4 is 12.0 Å². The lowest BCUT2D eigenvalue weighted by Crippen LogP contribution is -2.24. The van der Waals surface area contributed by atoms with Gasteiger partial charge in [0.1, 0.15) is 0 Å². The molecule has 1 saturated carbocycles. The first kappa shape index (κ1) is 11.6. The summed E-state index contributed by atoms with van der Waals surface area (Å²) in [4.78, 5) is 22.5. The van der Waals surface area contributed by atoms with Gasteiger partial charge in [-0.1, -0.05) is 12.8 Å². The van der Waals surface area contributed by atoms with Gasteiger partial charge in [-0.05, 0) is 31.1 Å². The fourth-order valence-electron chi connectivity index (χ4n) is 2.29. The summed E-state index contributed by atoms with van der Waals surface area (Å²) in [6.07, 6.45) is 8.53. The first-order chi connectivity index (χ1) is 8.18. The van der Waals surface area contributed by atoms with Crippen LogP contribution in [-0.4, -0.2) is 15.6 Å². The maximum atomic E-state index is 12.1. The normalized spacial score (nSPS) is 16.7. The van der Waals surface area contributed by atoms with Crippen LogP contribution >= 0.6 is 0 Å². The van der Waals surface area contributed by atoms with Crippen molar-refractivity contribution in [2.45, 2.75) is 31.7 Å². The van der Waals surface area contributed by atoms with E-state index in [-0.39, 0.29) is 11.6 Å². The highest BCUT2D eigenvalue weighted by Gasteiger charge is 2.17. The van der Waals surface area contributed by atoms with Gasteiger partial charge in [0.2, 0.25) is 0 Å². The predicted molar refractivity (Wildman–Crippen MR) is 64.9 cm³/mol. The van der Waals surface area contributed by atoms with Gasteiger partial charge in [-0.2, -0.15) is 0 Å². The van der Waals surface area contributed by atoms with Gasteiger partial charge in [0.25, 0.3) is 5.56 Å². The van der Waals surface area contributed by atoms with E-state index in [1.165, 1.54) is 6.08 Å². The molecule has 90 valence electrons. The van der Waals surface area contributed by atoms with Crippen LogP contribution in [0, 0.1) is 0 Å². The van der Waals surface area contributed by atoms with Gasteiger partial charge in [-0.25, -0.2) is 4.79 Å². The zero-order chi connectivity index (χ0) is 12.3. The average Bonchev–Trinajstić information content (AvgIpc) is 2.81. The molecule has 2 rings (SSSR count). The number of hydrogen-bond donors (Lipinski definition) is 1. The molecule has 1 aliphatic rings. The Hall–Kier alpha value is -1.84. The number of carbonyl (C=O) groups is 1. The quantitative estimate of drug-likeness (QED) is 0.813. The zero-order valence-corrected chi connectivity index (χ0v) is 9.50. The number of rotatable bonds is 3. The second-order valence-corrected chi connectivity index (χ2v) is 4.29. The van der Waals surface area contributed by atoms with E-state index in [9.17, 15) is 9.59 Å². The molecule has 17 heavy (non-hydrogen) atoms. The number of aromatic nitrogens is 1. The van der Waals surface area contributed by atoms with E-state index in [0.29, 0.717) is 5.56 Å². The Bertz CT molecular complexity index is 496. The third-order valence-electron chi connectivity index (χ3n) is 3.13. The number of nitrogens with zero attached hydrogens (tertiary/aromatic N) is 1. The lowest BCUT2D eigenvalue weighted by molar-refractivity contribution is -0.131. The molecule has 0 atom stereocenters. The van der Waals surface area contributed by atoms with Crippen molar-refractivity contribution in [1.29, 1.82) is 0 Å². The van der Waals surface area contributed by atoms with Crippen molar-refractivity contribution in [1.82, 2.24) is 4.57 Å². The van der Waals surface area contributed by atoms with E-state index in [0.717, 1.165) is 31.8 Å². The van der Waals surface area contributed by atoms with Crippen molar-refractivity contribution in [2.24, 2.45) is 0 Å². The summed E-state index contributed by atoms with van der Waals surface area (Å²) >= 11 is 0. The van der Waals surface area contributed by atoms with Crippen molar-refractivity contribution in [2.75, 3.05) is 0 Å². The fraction of sp³-hybridized carbons (Fsp3) is 0.385. The van der Waals surface area contributed by atoms with Crippen LogP contribution in [0.5, 0.6) is 0 Å². The summed E-state index contributed by atoms with van der Waals surface area (Å²) in [6, 6.07) is 3.72. The lowest BCUT2D eigenvalue weighted by atomic mass is 10.2. The molecule has 1 heterocycles. The van der Waals surface area contributed by atoms with Crippen LogP contribution in [0.2, 0.25) is 0 Å². The van der Waals surface area contributed by atoms with Crippen LogP contribution in [0.25, 0.3) is 6.08 Å². The molecule has 0 aliphatic heterocycles. The maximum Gasteiger partial charge on any atom is 0.328 e. The van der Waals surface area contributed by atoms with Crippen molar-refractivity contribution in [3.8, 4) is 0 Å². The summed E-state index contributed by atoms with van der Waals surface area (Å²) in [6.45, 7) is 0. The Kier molecular flexibility index (Phi) is 3.42. The van der Waals surface area contributed by atoms with Gasteiger partial charge >= 0.3 is 5.97 Å². The van der Waals surface area contributed by atoms with E-state index < -0.39 is 5.97 Å². The van der Waals surface area contributed by atoms with E-state index in [4.69, 9.17) is 5.11 Å². The molecule has 1 aliphatic carbocycles. The second kappa shape index (κ2) is 4.99. The minimum absolute atomic E-state index is 0.100. The lowest BCUT2D eigenvalue weighted by Gasteiger charge is -2.13. The fourth-order valence-corrected chi connectivity index (χ4v) is 2.29. The van der Waals surface area contributed by atoms with Crippen molar-refractivity contribution in [3.63, 3.8) is 0 Å². The van der Waals surface area contributed by atoms with Crippen LogP contribution in [0.15, 0.2) is 29.2 Å². The van der Waals surface area contributed by atoms with E-state index in [2.05, 4.69) is 0 Å². The van der Waals surface area contributed by atoms with Crippen LogP contribution in [0.4, 0.5) is 0 Å². The highest BCUT2D eigenvalue weighted by molar-refractivity contribution is 5.85. The Morgan fingerprint density at radius 3 is 2.76 bits per heavy atom. The molecule has 0 unspecified atom stereocenters. The van der Waals surface area contributed by atoms with E-state index in [1.54, 1.807) is 22.9 Å². The summed E-state index contributed by atoms with van der Waals surface area (Å²) in [5.74, 6) is -1.04. The van der Waals surface area contributed by atoms with Gasteiger partial charge in [-0.15, -0.1) is 0 Å². The molecule has 1 fully saturated rings. The van der Waals surface area contributed by atoms with Crippen LogP contribution in [0.3, 0.4) is 0 Å². The molecule has 1 N–H and O–H groups in total. The molecule has 0 bridgehead atoms. The van der Waals surface area contributed by atoms with Gasteiger partial charge in [0.15, 0.2) is 0 Å². The Morgan fingerprint density at radius 2 is 2.12 bits per heavy atom. The van der Waals surface area contributed by atoms with Crippen LogP contribution in [0.1, 0.15) is 37.3 Å². The Labute approximate surface area is 99.2 Å². The Balaban J connectivity index is 2.33. The standard InChI is InChI=1S/C13H15NO3/c15-12(16)8-7-10-4-3-9-14(13(10)17)11-5-1-2-6-11/h3-4,7-9,11H,1-2,5-6H2,(H,15,16)/b8-7+. The monoisotopic (exact) mass is 233 g/mol. The summed E-state index contributed by atoms with van der Waals surface area (Å²) < 4.78 is 1.73. The van der Waals surface area contributed by atoms with Gasteiger partial charge in [0, 0.05) is 23.9 Å². The van der Waals surface area contributed by atoms with Gasteiger partial charge in [-0.3, -0.25) is 4.79 Å². The molecule has 0 radical (unpaired) electrons. The summed E-state index contributed by atoms with van der Waals surface area (Å²) in [5, 5.41) is 8.55. The van der Waals surface area contributed by atoms with E-state index in [1.807, 2.05) is 0 Å². The summed E-state index contributed by atoms with van der Waals surface area (Å²) in [5.41, 5.74) is 0.332.